The first-order valence-electron chi connectivity index (χ1n) is 6.78. The summed E-state index contributed by atoms with van der Waals surface area (Å²) in [5, 5.41) is 0. The zero-order chi connectivity index (χ0) is 14.8. The highest BCUT2D eigenvalue weighted by Gasteiger charge is 2.46. The number of aryl methyl sites for hydroxylation is 1. The second-order valence-electron chi connectivity index (χ2n) is 5.44. The highest BCUT2D eigenvalue weighted by atomic mass is 19.1. The minimum atomic E-state index is -0.768. The quantitative estimate of drug-likeness (QED) is 0.891. The Labute approximate surface area is 118 Å². The highest BCUT2D eigenvalue weighted by molar-refractivity contribution is 5.85. The Kier molecular flexibility index (Phi) is 4.40. The predicted molar refractivity (Wildman–Crippen MR) is 74.6 cm³/mol. The molecule has 0 bridgehead atoms. The van der Waals surface area contributed by atoms with Gasteiger partial charge >= 0.3 is 0 Å². The third-order valence-electron chi connectivity index (χ3n) is 4.08. The SMILES string of the molecule is COCC1(C(N)=O)CCCN1Cc1ccc(C)c(F)c1. The largest absolute Gasteiger partial charge is 0.382 e. The molecule has 1 saturated heterocycles. The van der Waals surface area contributed by atoms with Crippen LogP contribution in [0.1, 0.15) is 24.0 Å². The molecule has 0 aromatic heterocycles. The molecule has 20 heavy (non-hydrogen) atoms. The lowest BCUT2D eigenvalue weighted by Crippen LogP contribution is -2.56. The van der Waals surface area contributed by atoms with E-state index in [1.165, 1.54) is 6.07 Å². The molecule has 0 spiro atoms. The van der Waals surface area contributed by atoms with Crippen LogP contribution in [0.15, 0.2) is 18.2 Å². The molecule has 1 unspecified atom stereocenters. The number of primary amides is 1. The number of benzene rings is 1. The monoisotopic (exact) mass is 280 g/mol. The van der Waals surface area contributed by atoms with Crippen LogP contribution >= 0.6 is 0 Å². The van der Waals surface area contributed by atoms with Gasteiger partial charge in [-0.3, -0.25) is 9.69 Å². The van der Waals surface area contributed by atoms with E-state index in [-0.39, 0.29) is 18.3 Å². The van der Waals surface area contributed by atoms with Crippen molar-refractivity contribution >= 4 is 5.91 Å². The molecule has 1 aromatic rings. The van der Waals surface area contributed by atoms with Crippen molar-refractivity contribution in [3.8, 4) is 0 Å². The topological polar surface area (TPSA) is 55.6 Å². The second-order valence-corrected chi connectivity index (χ2v) is 5.44. The summed E-state index contributed by atoms with van der Waals surface area (Å²) >= 11 is 0. The number of likely N-dealkylation sites (tertiary alicyclic amines) is 1. The Bertz CT molecular complexity index is 507. The van der Waals surface area contributed by atoms with Crippen molar-refractivity contribution in [2.24, 2.45) is 5.73 Å². The lowest BCUT2D eigenvalue weighted by molar-refractivity contribution is -0.132. The van der Waals surface area contributed by atoms with E-state index in [1.807, 2.05) is 11.0 Å². The summed E-state index contributed by atoms with van der Waals surface area (Å²) in [5.41, 5.74) is 6.28. The predicted octanol–water partition coefficient (Wildman–Crippen LogP) is 1.60. The zero-order valence-electron chi connectivity index (χ0n) is 12.0. The Morgan fingerprint density at radius 1 is 1.55 bits per heavy atom. The molecule has 110 valence electrons. The molecule has 1 atom stereocenters. The summed E-state index contributed by atoms with van der Waals surface area (Å²) in [5.74, 6) is -0.595. The molecule has 1 fully saturated rings. The maximum Gasteiger partial charge on any atom is 0.240 e. The van der Waals surface area contributed by atoms with Gasteiger partial charge in [0.2, 0.25) is 5.91 Å². The van der Waals surface area contributed by atoms with Gasteiger partial charge in [0.1, 0.15) is 11.4 Å². The molecule has 0 saturated carbocycles. The fourth-order valence-electron chi connectivity index (χ4n) is 2.87. The second kappa shape index (κ2) is 5.89. The number of halogens is 1. The van der Waals surface area contributed by atoms with Crippen LogP contribution in [-0.2, 0) is 16.1 Å². The molecule has 2 rings (SSSR count). The van der Waals surface area contributed by atoms with Gasteiger partial charge in [-0.1, -0.05) is 12.1 Å². The average molecular weight is 280 g/mol. The lowest BCUT2D eigenvalue weighted by atomic mass is 9.95. The van der Waals surface area contributed by atoms with Gasteiger partial charge < -0.3 is 10.5 Å². The first-order valence-corrected chi connectivity index (χ1v) is 6.78. The van der Waals surface area contributed by atoms with Gasteiger partial charge in [-0.2, -0.15) is 0 Å². The highest BCUT2D eigenvalue weighted by Crippen LogP contribution is 2.31. The van der Waals surface area contributed by atoms with Crippen molar-refractivity contribution in [3.05, 3.63) is 35.1 Å². The van der Waals surface area contributed by atoms with Crippen LogP contribution in [0, 0.1) is 12.7 Å². The smallest absolute Gasteiger partial charge is 0.240 e. The van der Waals surface area contributed by atoms with E-state index in [2.05, 4.69) is 0 Å². The number of rotatable bonds is 5. The molecule has 4 nitrogen and oxygen atoms in total. The van der Waals surface area contributed by atoms with E-state index in [0.29, 0.717) is 18.5 Å². The van der Waals surface area contributed by atoms with Crippen molar-refractivity contribution in [2.45, 2.75) is 31.8 Å². The van der Waals surface area contributed by atoms with Gasteiger partial charge in [-0.15, -0.1) is 0 Å². The van der Waals surface area contributed by atoms with Crippen molar-refractivity contribution in [1.29, 1.82) is 0 Å². The van der Waals surface area contributed by atoms with E-state index in [9.17, 15) is 9.18 Å². The maximum atomic E-state index is 13.6. The molecule has 5 heteroatoms. The summed E-state index contributed by atoms with van der Waals surface area (Å²) in [4.78, 5) is 13.9. The van der Waals surface area contributed by atoms with Crippen molar-refractivity contribution < 1.29 is 13.9 Å². The fourth-order valence-corrected chi connectivity index (χ4v) is 2.87. The summed E-state index contributed by atoms with van der Waals surface area (Å²) in [6.45, 7) is 3.27. The first-order chi connectivity index (χ1) is 9.49. The summed E-state index contributed by atoms with van der Waals surface area (Å²) < 4.78 is 18.8. The minimum Gasteiger partial charge on any atom is -0.382 e. The number of hydrogen-bond acceptors (Lipinski definition) is 3. The Morgan fingerprint density at radius 2 is 2.30 bits per heavy atom. The average Bonchev–Trinajstić information content (AvgIpc) is 2.79. The van der Waals surface area contributed by atoms with Crippen LogP contribution in [-0.4, -0.2) is 36.6 Å². The van der Waals surface area contributed by atoms with Crippen LogP contribution < -0.4 is 5.73 Å². The molecule has 0 aliphatic carbocycles. The van der Waals surface area contributed by atoms with E-state index < -0.39 is 5.54 Å². The van der Waals surface area contributed by atoms with Crippen LogP contribution in [0.3, 0.4) is 0 Å². The summed E-state index contributed by atoms with van der Waals surface area (Å²) in [6.07, 6.45) is 1.57. The molecule has 1 aliphatic heterocycles. The van der Waals surface area contributed by atoms with Gasteiger partial charge in [0, 0.05) is 13.7 Å². The minimum absolute atomic E-state index is 0.224. The molecular weight excluding hydrogens is 259 g/mol. The van der Waals surface area contributed by atoms with Crippen molar-refractivity contribution in [1.82, 2.24) is 4.90 Å². The van der Waals surface area contributed by atoms with Crippen LogP contribution in [0.25, 0.3) is 0 Å². The normalized spacial score (nSPS) is 23.1. The van der Waals surface area contributed by atoms with Crippen LogP contribution in [0.2, 0.25) is 0 Å². The number of carbonyl (C=O) groups is 1. The Hall–Kier alpha value is -1.46. The van der Waals surface area contributed by atoms with Gasteiger partial charge in [0.15, 0.2) is 0 Å². The van der Waals surface area contributed by atoms with Gasteiger partial charge in [-0.25, -0.2) is 4.39 Å². The molecular formula is C15H21FN2O2. The van der Waals surface area contributed by atoms with E-state index in [1.54, 1.807) is 20.1 Å². The van der Waals surface area contributed by atoms with Gasteiger partial charge in [0.25, 0.3) is 0 Å². The lowest BCUT2D eigenvalue weighted by Gasteiger charge is -2.35. The van der Waals surface area contributed by atoms with E-state index >= 15 is 0 Å². The first kappa shape index (κ1) is 14.9. The van der Waals surface area contributed by atoms with Gasteiger partial charge in [-0.05, 0) is 43.5 Å². The molecule has 1 aliphatic rings. The zero-order valence-corrected chi connectivity index (χ0v) is 12.0. The van der Waals surface area contributed by atoms with Crippen LogP contribution in [0.4, 0.5) is 4.39 Å². The van der Waals surface area contributed by atoms with Crippen molar-refractivity contribution in [3.63, 3.8) is 0 Å². The Balaban J connectivity index is 2.22. The molecule has 0 radical (unpaired) electrons. The van der Waals surface area contributed by atoms with Gasteiger partial charge in [0.05, 0.1) is 6.61 Å². The number of nitrogens with two attached hydrogens (primary N) is 1. The maximum absolute atomic E-state index is 13.6. The summed E-state index contributed by atoms with van der Waals surface area (Å²) in [7, 11) is 1.56. The van der Waals surface area contributed by atoms with E-state index in [0.717, 1.165) is 18.5 Å². The Morgan fingerprint density at radius 3 is 2.90 bits per heavy atom. The fraction of sp³-hybridized carbons (Fsp3) is 0.533. The number of nitrogens with zero attached hydrogens (tertiary/aromatic N) is 1. The van der Waals surface area contributed by atoms with E-state index in [4.69, 9.17) is 10.5 Å². The molecule has 2 N–H and O–H groups in total. The number of methoxy groups -OCH3 is 1. The molecule has 1 amide bonds. The third kappa shape index (κ3) is 2.69. The number of ether oxygens (including phenoxy) is 1. The molecule has 1 heterocycles. The summed E-state index contributed by atoms with van der Waals surface area (Å²) in [6, 6.07) is 5.16. The molecule has 1 aromatic carbocycles. The number of hydrogen-bond donors (Lipinski definition) is 1. The third-order valence-corrected chi connectivity index (χ3v) is 4.08. The standard InChI is InChI=1S/C15H21FN2O2/c1-11-4-5-12(8-13(11)16)9-18-7-3-6-15(18,10-20-2)14(17)19/h4-5,8H,3,6-7,9-10H2,1-2H3,(H2,17,19). The van der Waals surface area contributed by atoms with Crippen molar-refractivity contribution in [2.75, 3.05) is 20.3 Å². The number of carbonyl (C=O) groups excluding carboxylic acids is 1. The van der Waals surface area contributed by atoms with Crippen LogP contribution in [0.5, 0.6) is 0 Å². The number of amides is 1.